The molecule has 1 saturated heterocycles. The Morgan fingerprint density at radius 2 is 2.06 bits per heavy atom. The normalized spacial score (nSPS) is 19.1. The van der Waals surface area contributed by atoms with E-state index in [0.717, 1.165) is 18.9 Å². The van der Waals surface area contributed by atoms with E-state index in [2.05, 4.69) is 28.7 Å². The summed E-state index contributed by atoms with van der Waals surface area (Å²) in [6.45, 7) is 6.78. The third-order valence-corrected chi connectivity index (χ3v) is 3.96. The molecule has 17 heavy (non-hydrogen) atoms. The molecule has 0 aromatic carbocycles. The predicted molar refractivity (Wildman–Crippen MR) is 68.4 cm³/mol. The van der Waals surface area contributed by atoms with E-state index in [1.165, 1.54) is 19.3 Å². The Balaban J connectivity index is 2.05. The van der Waals surface area contributed by atoms with Gasteiger partial charge in [0.2, 0.25) is 5.88 Å². The molecule has 0 N–H and O–H groups in total. The van der Waals surface area contributed by atoms with E-state index in [-0.39, 0.29) is 0 Å². The fraction of sp³-hybridized carbons (Fsp3) is 0.692. The van der Waals surface area contributed by atoms with Gasteiger partial charge in [-0.3, -0.25) is 4.98 Å². The third-order valence-electron chi connectivity index (χ3n) is 3.96. The van der Waals surface area contributed by atoms with Crippen LogP contribution in [0.3, 0.4) is 0 Å². The van der Waals surface area contributed by atoms with Crippen LogP contribution >= 0.6 is 0 Å². The molecule has 0 saturated carbocycles. The van der Waals surface area contributed by atoms with E-state index < -0.39 is 0 Å². The molecule has 0 unspecified atom stereocenters. The van der Waals surface area contributed by atoms with E-state index in [9.17, 15) is 0 Å². The Kier molecular flexibility index (Phi) is 3.50. The van der Waals surface area contributed by atoms with Crippen molar-refractivity contribution < 1.29 is 4.74 Å². The first kappa shape index (κ1) is 12.1. The van der Waals surface area contributed by atoms with Crippen LogP contribution in [0, 0.1) is 5.41 Å². The van der Waals surface area contributed by atoms with Crippen LogP contribution in [0.4, 0.5) is 5.82 Å². The fourth-order valence-corrected chi connectivity index (χ4v) is 2.22. The molecule has 0 atom stereocenters. The molecule has 0 spiro atoms. The number of ether oxygens (including phenoxy) is 1. The second-order valence-corrected chi connectivity index (χ2v) is 5.07. The highest BCUT2D eigenvalue weighted by atomic mass is 16.5. The molecule has 1 aromatic rings. The van der Waals surface area contributed by atoms with Crippen LogP contribution in [0.1, 0.15) is 33.1 Å². The lowest BCUT2D eigenvalue weighted by atomic mass is 9.78. The minimum atomic E-state index is 0.503. The molecule has 2 heterocycles. The summed E-state index contributed by atoms with van der Waals surface area (Å²) in [5.74, 6) is 1.52. The zero-order chi connectivity index (χ0) is 12.3. The van der Waals surface area contributed by atoms with Crippen molar-refractivity contribution >= 4 is 5.82 Å². The van der Waals surface area contributed by atoms with Gasteiger partial charge < -0.3 is 9.64 Å². The molecule has 4 nitrogen and oxygen atoms in total. The highest BCUT2D eigenvalue weighted by molar-refractivity contribution is 5.38. The topological polar surface area (TPSA) is 38.2 Å². The lowest BCUT2D eigenvalue weighted by Crippen LogP contribution is -2.38. The molecule has 0 amide bonds. The molecule has 0 aliphatic carbocycles. The van der Waals surface area contributed by atoms with Gasteiger partial charge in [-0.2, -0.15) is 4.98 Å². The smallest absolute Gasteiger partial charge is 0.233 e. The van der Waals surface area contributed by atoms with E-state index in [4.69, 9.17) is 4.74 Å². The summed E-state index contributed by atoms with van der Waals surface area (Å²) in [5.41, 5.74) is 0.503. The van der Waals surface area contributed by atoms with Crippen LogP contribution in [0.15, 0.2) is 12.4 Å². The van der Waals surface area contributed by atoms with Gasteiger partial charge in [-0.25, -0.2) is 0 Å². The van der Waals surface area contributed by atoms with Gasteiger partial charge in [0.1, 0.15) is 0 Å². The highest BCUT2D eigenvalue weighted by Gasteiger charge is 2.28. The molecule has 0 bridgehead atoms. The number of hydrogen-bond donors (Lipinski definition) is 0. The monoisotopic (exact) mass is 235 g/mol. The number of methoxy groups -OCH3 is 1. The van der Waals surface area contributed by atoms with Crippen LogP contribution in [-0.2, 0) is 0 Å². The minimum Gasteiger partial charge on any atom is -0.480 e. The second-order valence-electron chi connectivity index (χ2n) is 5.07. The van der Waals surface area contributed by atoms with Gasteiger partial charge in [0.15, 0.2) is 5.82 Å². The van der Waals surface area contributed by atoms with Crippen molar-refractivity contribution in [2.24, 2.45) is 5.41 Å². The molecular formula is C13H21N3O. The van der Waals surface area contributed by atoms with Crippen LogP contribution in [0.2, 0.25) is 0 Å². The second kappa shape index (κ2) is 4.90. The maximum Gasteiger partial charge on any atom is 0.233 e. The van der Waals surface area contributed by atoms with Crippen LogP contribution in [-0.4, -0.2) is 30.2 Å². The van der Waals surface area contributed by atoms with E-state index in [1.54, 1.807) is 13.3 Å². The number of nitrogens with zero attached hydrogens (tertiary/aromatic N) is 3. The number of hydrogen-bond acceptors (Lipinski definition) is 4. The first-order chi connectivity index (χ1) is 8.17. The third kappa shape index (κ3) is 2.68. The maximum absolute atomic E-state index is 5.11. The first-order valence-electron chi connectivity index (χ1n) is 6.28. The number of rotatable bonds is 3. The van der Waals surface area contributed by atoms with Gasteiger partial charge in [0.05, 0.1) is 19.5 Å². The average molecular weight is 235 g/mol. The average Bonchev–Trinajstić information content (AvgIpc) is 2.40. The quantitative estimate of drug-likeness (QED) is 0.807. The lowest BCUT2D eigenvalue weighted by molar-refractivity contribution is 0.237. The van der Waals surface area contributed by atoms with Gasteiger partial charge in [-0.15, -0.1) is 0 Å². The fourth-order valence-electron chi connectivity index (χ4n) is 2.22. The SMILES string of the molecule is CCC1(C)CCN(c2cncc(OC)n2)CC1. The molecule has 1 aliphatic rings. The Morgan fingerprint density at radius 3 is 2.65 bits per heavy atom. The van der Waals surface area contributed by atoms with Gasteiger partial charge in [-0.1, -0.05) is 20.3 Å². The zero-order valence-corrected chi connectivity index (χ0v) is 10.9. The Bertz CT molecular complexity index is 373. The van der Waals surface area contributed by atoms with Gasteiger partial charge in [-0.05, 0) is 18.3 Å². The van der Waals surface area contributed by atoms with Gasteiger partial charge in [0, 0.05) is 13.1 Å². The molecule has 1 aliphatic heterocycles. The summed E-state index contributed by atoms with van der Waals surface area (Å²) in [5, 5.41) is 0. The minimum absolute atomic E-state index is 0.503. The molecule has 1 aromatic heterocycles. The number of anilines is 1. The van der Waals surface area contributed by atoms with Crippen LogP contribution in [0.5, 0.6) is 5.88 Å². The lowest BCUT2D eigenvalue weighted by Gasteiger charge is -2.39. The first-order valence-corrected chi connectivity index (χ1v) is 6.28. The van der Waals surface area contributed by atoms with Crippen molar-refractivity contribution in [2.45, 2.75) is 33.1 Å². The predicted octanol–water partition coefficient (Wildman–Crippen LogP) is 2.50. The van der Waals surface area contributed by atoms with Crippen molar-refractivity contribution in [3.63, 3.8) is 0 Å². The van der Waals surface area contributed by atoms with Crippen molar-refractivity contribution in [1.82, 2.24) is 9.97 Å². The number of piperidine rings is 1. The summed E-state index contributed by atoms with van der Waals surface area (Å²) >= 11 is 0. The molecular weight excluding hydrogens is 214 g/mol. The Hall–Kier alpha value is -1.32. The molecule has 2 rings (SSSR count). The van der Waals surface area contributed by atoms with Gasteiger partial charge >= 0.3 is 0 Å². The van der Waals surface area contributed by atoms with Crippen LogP contribution in [0.25, 0.3) is 0 Å². The summed E-state index contributed by atoms with van der Waals surface area (Å²) in [4.78, 5) is 10.9. The Labute approximate surface area is 103 Å². The standard InChI is InChI=1S/C13H21N3O/c1-4-13(2)5-7-16(8-6-13)11-9-14-10-12(15-11)17-3/h9-10H,4-8H2,1-3H3. The van der Waals surface area contributed by atoms with Crippen LogP contribution < -0.4 is 9.64 Å². The summed E-state index contributed by atoms with van der Waals surface area (Å²) in [7, 11) is 1.62. The van der Waals surface area contributed by atoms with E-state index in [0.29, 0.717) is 11.3 Å². The highest BCUT2D eigenvalue weighted by Crippen LogP contribution is 2.35. The van der Waals surface area contributed by atoms with Crippen molar-refractivity contribution in [2.75, 3.05) is 25.1 Å². The maximum atomic E-state index is 5.11. The zero-order valence-electron chi connectivity index (χ0n) is 10.9. The van der Waals surface area contributed by atoms with E-state index >= 15 is 0 Å². The van der Waals surface area contributed by atoms with Crippen molar-refractivity contribution in [1.29, 1.82) is 0 Å². The van der Waals surface area contributed by atoms with Gasteiger partial charge in [0.25, 0.3) is 0 Å². The summed E-state index contributed by atoms with van der Waals surface area (Å²) in [6.07, 6.45) is 7.16. The van der Waals surface area contributed by atoms with Crippen molar-refractivity contribution in [3.05, 3.63) is 12.4 Å². The van der Waals surface area contributed by atoms with E-state index in [1.807, 2.05) is 6.20 Å². The van der Waals surface area contributed by atoms with Crippen molar-refractivity contribution in [3.8, 4) is 5.88 Å². The molecule has 4 heteroatoms. The largest absolute Gasteiger partial charge is 0.480 e. The molecule has 1 fully saturated rings. The number of aromatic nitrogens is 2. The summed E-state index contributed by atoms with van der Waals surface area (Å²) < 4.78 is 5.11. The molecule has 0 radical (unpaired) electrons. The summed E-state index contributed by atoms with van der Waals surface area (Å²) in [6, 6.07) is 0. The molecule has 94 valence electrons. The Morgan fingerprint density at radius 1 is 1.35 bits per heavy atom.